The van der Waals surface area contributed by atoms with E-state index in [1.54, 1.807) is 0 Å². The molecular formula is C15H19N3. The van der Waals surface area contributed by atoms with Crippen LogP contribution < -0.4 is 5.73 Å². The largest absolute Gasteiger partial charge is 0.330 e. The molecule has 0 aliphatic heterocycles. The maximum Gasteiger partial charge on any atom is 0.111 e. The number of aromatic nitrogens is 2. The van der Waals surface area contributed by atoms with Gasteiger partial charge in [0.25, 0.3) is 0 Å². The van der Waals surface area contributed by atoms with Crippen LogP contribution in [-0.4, -0.2) is 16.1 Å². The Bertz CT molecular complexity index is 588. The normalized spacial score (nSPS) is 11.1. The van der Waals surface area contributed by atoms with Crippen molar-refractivity contribution in [3.63, 3.8) is 0 Å². The zero-order chi connectivity index (χ0) is 13.1. The predicted octanol–water partition coefficient (Wildman–Crippen LogP) is 2.29. The van der Waals surface area contributed by atoms with Crippen LogP contribution in [0, 0.1) is 12.3 Å². The zero-order valence-electron chi connectivity index (χ0n) is 11.0. The van der Waals surface area contributed by atoms with E-state index in [2.05, 4.69) is 47.5 Å². The van der Waals surface area contributed by atoms with Crippen molar-refractivity contribution in [2.75, 3.05) is 6.54 Å². The van der Waals surface area contributed by atoms with E-state index in [0.29, 0.717) is 19.0 Å². The first kappa shape index (κ1) is 12.7. The first-order valence-corrected chi connectivity index (χ1v) is 6.30. The number of hydrogen-bond acceptors (Lipinski definition) is 2. The van der Waals surface area contributed by atoms with E-state index >= 15 is 0 Å². The number of nitrogens with zero attached hydrogens (tertiary/aromatic N) is 2. The molecule has 0 bridgehead atoms. The van der Waals surface area contributed by atoms with Crippen molar-refractivity contribution in [2.45, 2.75) is 32.7 Å². The van der Waals surface area contributed by atoms with Crippen LogP contribution in [0.3, 0.4) is 0 Å². The molecule has 1 aromatic carbocycles. The summed E-state index contributed by atoms with van der Waals surface area (Å²) in [5.74, 6) is 4.16. The maximum atomic E-state index is 5.62. The molecule has 94 valence electrons. The standard InChI is InChI=1S/C15H19N3/c1-4-9-18-14-6-5-12(11(2)3)10-13(14)17-15(18)7-8-16/h1,5-6,10-11H,7-9,16H2,2-3H3. The van der Waals surface area contributed by atoms with E-state index in [1.807, 2.05) is 0 Å². The summed E-state index contributed by atoms with van der Waals surface area (Å²) >= 11 is 0. The number of terminal acetylenes is 1. The van der Waals surface area contributed by atoms with Crippen LogP contribution >= 0.6 is 0 Å². The molecule has 0 fully saturated rings. The number of imidazole rings is 1. The summed E-state index contributed by atoms with van der Waals surface area (Å²) < 4.78 is 2.08. The Hall–Kier alpha value is -1.79. The van der Waals surface area contributed by atoms with Crippen molar-refractivity contribution < 1.29 is 0 Å². The van der Waals surface area contributed by atoms with E-state index in [9.17, 15) is 0 Å². The summed E-state index contributed by atoms with van der Waals surface area (Å²) in [7, 11) is 0. The van der Waals surface area contributed by atoms with E-state index < -0.39 is 0 Å². The molecule has 0 saturated heterocycles. The summed E-state index contributed by atoms with van der Waals surface area (Å²) in [6.45, 7) is 5.50. The van der Waals surface area contributed by atoms with Gasteiger partial charge < -0.3 is 10.3 Å². The molecule has 3 nitrogen and oxygen atoms in total. The van der Waals surface area contributed by atoms with Gasteiger partial charge in [-0.25, -0.2) is 4.98 Å². The second kappa shape index (κ2) is 5.24. The van der Waals surface area contributed by atoms with E-state index in [4.69, 9.17) is 12.2 Å². The fraction of sp³-hybridized carbons (Fsp3) is 0.400. The molecule has 0 aliphatic carbocycles. The molecule has 0 radical (unpaired) electrons. The van der Waals surface area contributed by atoms with E-state index in [0.717, 1.165) is 23.3 Å². The minimum Gasteiger partial charge on any atom is -0.330 e. The van der Waals surface area contributed by atoms with Crippen molar-refractivity contribution in [3.05, 3.63) is 29.6 Å². The number of rotatable bonds is 4. The molecule has 2 rings (SSSR count). The van der Waals surface area contributed by atoms with Gasteiger partial charge in [-0.05, 0) is 30.2 Å². The molecule has 18 heavy (non-hydrogen) atoms. The Morgan fingerprint density at radius 1 is 1.44 bits per heavy atom. The van der Waals surface area contributed by atoms with Crippen LogP contribution in [0.5, 0.6) is 0 Å². The summed E-state index contributed by atoms with van der Waals surface area (Å²) in [4.78, 5) is 4.65. The van der Waals surface area contributed by atoms with Crippen molar-refractivity contribution >= 4 is 11.0 Å². The predicted molar refractivity (Wildman–Crippen MR) is 75.4 cm³/mol. The molecular weight excluding hydrogens is 222 g/mol. The van der Waals surface area contributed by atoms with Crippen LogP contribution in [0.25, 0.3) is 11.0 Å². The second-order valence-electron chi connectivity index (χ2n) is 4.76. The molecule has 0 atom stereocenters. The average Bonchev–Trinajstić information content (AvgIpc) is 2.68. The molecule has 2 N–H and O–H groups in total. The molecule has 0 unspecified atom stereocenters. The fourth-order valence-corrected chi connectivity index (χ4v) is 2.14. The van der Waals surface area contributed by atoms with E-state index in [1.165, 1.54) is 5.56 Å². The Morgan fingerprint density at radius 2 is 2.22 bits per heavy atom. The number of fused-ring (bicyclic) bond motifs is 1. The zero-order valence-corrected chi connectivity index (χ0v) is 11.0. The van der Waals surface area contributed by atoms with Gasteiger partial charge in [0.05, 0.1) is 17.6 Å². The highest BCUT2D eigenvalue weighted by atomic mass is 15.1. The Balaban J connectivity index is 2.57. The number of benzene rings is 1. The van der Waals surface area contributed by atoms with Gasteiger partial charge in [0.1, 0.15) is 5.82 Å². The smallest absolute Gasteiger partial charge is 0.111 e. The third-order valence-electron chi connectivity index (χ3n) is 3.14. The van der Waals surface area contributed by atoms with Gasteiger partial charge >= 0.3 is 0 Å². The Morgan fingerprint density at radius 3 is 2.83 bits per heavy atom. The molecule has 0 saturated carbocycles. The monoisotopic (exact) mass is 241 g/mol. The molecule has 1 heterocycles. The van der Waals surface area contributed by atoms with Gasteiger partial charge in [-0.15, -0.1) is 6.42 Å². The lowest BCUT2D eigenvalue weighted by molar-refractivity contribution is 0.758. The van der Waals surface area contributed by atoms with Gasteiger partial charge in [0.2, 0.25) is 0 Å². The van der Waals surface area contributed by atoms with Crippen LogP contribution in [0.15, 0.2) is 18.2 Å². The highest BCUT2D eigenvalue weighted by molar-refractivity contribution is 5.77. The van der Waals surface area contributed by atoms with Crippen LogP contribution in [0.2, 0.25) is 0 Å². The van der Waals surface area contributed by atoms with Gasteiger partial charge in [0.15, 0.2) is 0 Å². The van der Waals surface area contributed by atoms with Crippen molar-refractivity contribution in [2.24, 2.45) is 5.73 Å². The van der Waals surface area contributed by atoms with Crippen molar-refractivity contribution in [3.8, 4) is 12.3 Å². The van der Waals surface area contributed by atoms with Gasteiger partial charge in [-0.3, -0.25) is 0 Å². The lowest BCUT2D eigenvalue weighted by Crippen LogP contribution is -2.09. The highest BCUT2D eigenvalue weighted by Gasteiger charge is 2.10. The van der Waals surface area contributed by atoms with E-state index in [-0.39, 0.29) is 0 Å². The van der Waals surface area contributed by atoms with Crippen molar-refractivity contribution in [1.29, 1.82) is 0 Å². The Kier molecular flexibility index (Phi) is 3.69. The lowest BCUT2D eigenvalue weighted by Gasteiger charge is -2.06. The van der Waals surface area contributed by atoms with Crippen molar-refractivity contribution in [1.82, 2.24) is 9.55 Å². The summed E-state index contributed by atoms with van der Waals surface area (Å²) in [5, 5.41) is 0. The molecule has 2 aromatic rings. The fourth-order valence-electron chi connectivity index (χ4n) is 2.14. The lowest BCUT2D eigenvalue weighted by atomic mass is 10.0. The second-order valence-corrected chi connectivity index (χ2v) is 4.76. The summed E-state index contributed by atoms with van der Waals surface area (Å²) in [5.41, 5.74) is 9.03. The minimum atomic E-state index is 0.505. The molecule has 3 heteroatoms. The van der Waals surface area contributed by atoms with Gasteiger partial charge in [-0.2, -0.15) is 0 Å². The molecule has 1 aromatic heterocycles. The number of nitrogens with two attached hydrogens (primary N) is 1. The third-order valence-corrected chi connectivity index (χ3v) is 3.14. The third kappa shape index (κ3) is 2.25. The van der Waals surface area contributed by atoms with Gasteiger partial charge in [0, 0.05) is 6.42 Å². The molecule has 0 amide bonds. The maximum absolute atomic E-state index is 5.62. The van der Waals surface area contributed by atoms with Crippen LogP contribution in [0.4, 0.5) is 0 Å². The minimum absolute atomic E-state index is 0.505. The first-order valence-electron chi connectivity index (χ1n) is 6.30. The van der Waals surface area contributed by atoms with Crippen LogP contribution in [0.1, 0.15) is 31.2 Å². The SMILES string of the molecule is C#CCn1c(CCN)nc2cc(C(C)C)ccc21. The molecule has 0 spiro atoms. The average molecular weight is 241 g/mol. The van der Waals surface area contributed by atoms with Gasteiger partial charge in [-0.1, -0.05) is 25.8 Å². The molecule has 0 aliphatic rings. The Labute approximate surface area is 108 Å². The number of hydrogen-bond donors (Lipinski definition) is 1. The topological polar surface area (TPSA) is 43.8 Å². The summed E-state index contributed by atoms with van der Waals surface area (Å²) in [6.07, 6.45) is 6.18. The highest BCUT2D eigenvalue weighted by Crippen LogP contribution is 2.22. The van der Waals surface area contributed by atoms with Crippen LogP contribution in [-0.2, 0) is 13.0 Å². The summed E-state index contributed by atoms with van der Waals surface area (Å²) in [6, 6.07) is 6.40. The quantitative estimate of drug-likeness (QED) is 0.835. The first-order chi connectivity index (χ1) is 8.67.